The molecule has 9 heteroatoms. The van der Waals surface area contributed by atoms with Crippen molar-refractivity contribution in [2.45, 2.75) is 26.3 Å². The number of allylic oxidation sites excluding steroid dienone is 1. The Labute approximate surface area is 134 Å². The van der Waals surface area contributed by atoms with Gasteiger partial charge in [-0.3, -0.25) is 0 Å². The molecule has 22 heavy (non-hydrogen) atoms. The summed E-state index contributed by atoms with van der Waals surface area (Å²) in [5.41, 5.74) is 18.3. The van der Waals surface area contributed by atoms with Crippen molar-refractivity contribution in [1.29, 1.82) is 0 Å². The molecule has 10 N–H and O–H groups in total. The summed E-state index contributed by atoms with van der Waals surface area (Å²) < 4.78 is 0. The number of thioether (sulfide) groups is 1. The second-order valence-electron chi connectivity index (χ2n) is 5.55. The Morgan fingerprint density at radius 3 is 2.23 bits per heavy atom. The largest absolute Gasteiger partial charge is 0.403 e. The minimum atomic E-state index is -0.0968. The third-order valence-corrected chi connectivity index (χ3v) is 3.17. The molecule has 0 aliphatic carbocycles. The van der Waals surface area contributed by atoms with Crippen molar-refractivity contribution >= 4 is 40.6 Å². The predicted molar refractivity (Wildman–Crippen MR) is 93.1 cm³/mol. The van der Waals surface area contributed by atoms with Gasteiger partial charge in [0.15, 0.2) is 11.8 Å². The highest BCUT2D eigenvalue weighted by Crippen LogP contribution is 2.21. The number of aromatic nitrogens is 2. The fourth-order valence-electron chi connectivity index (χ4n) is 1.46. The normalized spacial score (nSPS) is 12.6. The molecular weight excluding hydrogens is 300 g/mol. The van der Waals surface area contributed by atoms with Gasteiger partial charge in [0.2, 0.25) is 11.0 Å². The summed E-state index contributed by atoms with van der Waals surface area (Å²) in [6.45, 7) is 6.08. The number of hydrogen-bond donors (Lipinski definition) is 6. The minimum absolute atomic E-state index is 0.0968. The van der Waals surface area contributed by atoms with Gasteiger partial charge < -0.3 is 22.5 Å². The lowest BCUT2D eigenvalue weighted by Crippen LogP contribution is -2.81. The lowest BCUT2D eigenvalue weighted by atomic mass is 10.1. The van der Waals surface area contributed by atoms with Gasteiger partial charge in [0.25, 0.3) is 0 Å². The second kappa shape index (κ2) is 7.12. The molecule has 1 heterocycles. The van der Waals surface area contributed by atoms with Gasteiger partial charge in [-0.1, -0.05) is 11.8 Å². The van der Waals surface area contributed by atoms with Crippen LogP contribution in [-0.2, 0) is 0 Å². The average Bonchev–Trinajstić information content (AvgIpc) is 2.41. The fraction of sp³-hybridized carbons (Fsp3) is 0.385. The summed E-state index contributed by atoms with van der Waals surface area (Å²) >= 11 is 1.33. The number of nitrogens with one attached hydrogen (secondary N) is 2. The van der Waals surface area contributed by atoms with E-state index in [1.807, 2.05) is 27.0 Å². The van der Waals surface area contributed by atoms with E-state index in [0.29, 0.717) is 16.3 Å². The van der Waals surface area contributed by atoms with Crippen LogP contribution in [0.25, 0.3) is 0 Å². The van der Waals surface area contributed by atoms with Gasteiger partial charge in [-0.25, -0.2) is 10.4 Å². The van der Waals surface area contributed by atoms with Gasteiger partial charge >= 0.3 is 0 Å². The average molecular weight is 324 g/mol. The maximum absolute atomic E-state index is 5.90. The lowest BCUT2D eigenvalue weighted by Gasteiger charge is -2.09. The number of hydrogen-bond acceptors (Lipinski definition) is 7. The molecule has 0 bridgehead atoms. The third kappa shape index (κ3) is 4.92. The SMILES string of the molecule is CSC(=[NH2+])c1c(N)nc(NC(C=[NH+]C(C)(C)C)=CN)nc1N. The van der Waals surface area contributed by atoms with Gasteiger partial charge in [-0.05, 0) is 27.0 Å². The summed E-state index contributed by atoms with van der Waals surface area (Å²) in [5.74, 6) is 0.667. The molecule has 0 saturated carbocycles. The second-order valence-corrected chi connectivity index (χ2v) is 6.39. The van der Waals surface area contributed by atoms with Crippen LogP contribution in [0.5, 0.6) is 0 Å². The molecule has 8 nitrogen and oxygen atoms in total. The van der Waals surface area contributed by atoms with Crippen LogP contribution in [0.4, 0.5) is 17.6 Å². The molecular formula is C13H24N8S+2. The lowest BCUT2D eigenvalue weighted by molar-refractivity contribution is -0.533. The molecule has 0 aromatic carbocycles. The van der Waals surface area contributed by atoms with Crippen LogP contribution < -0.4 is 32.9 Å². The van der Waals surface area contributed by atoms with Gasteiger partial charge in [0, 0.05) is 6.20 Å². The van der Waals surface area contributed by atoms with Crippen molar-refractivity contribution in [3.8, 4) is 0 Å². The number of rotatable bonds is 4. The smallest absolute Gasteiger partial charge is 0.246 e. The zero-order valence-corrected chi connectivity index (χ0v) is 14.1. The van der Waals surface area contributed by atoms with Crippen molar-refractivity contribution in [1.82, 2.24) is 9.97 Å². The van der Waals surface area contributed by atoms with Crippen LogP contribution in [0.1, 0.15) is 26.3 Å². The highest BCUT2D eigenvalue weighted by molar-refractivity contribution is 8.13. The van der Waals surface area contributed by atoms with Crippen molar-refractivity contribution < 1.29 is 10.4 Å². The van der Waals surface area contributed by atoms with Crippen LogP contribution in [0.15, 0.2) is 11.9 Å². The minimum Gasteiger partial charge on any atom is -0.403 e. The van der Waals surface area contributed by atoms with Gasteiger partial charge in [0.1, 0.15) is 22.9 Å². The maximum atomic E-state index is 5.90. The van der Waals surface area contributed by atoms with E-state index >= 15 is 0 Å². The van der Waals surface area contributed by atoms with E-state index in [2.05, 4.69) is 20.3 Å². The summed E-state index contributed by atoms with van der Waals surface area (Å²) in [7, 11) is 0. The van der Waals surface area contributed by atoms with E-state index in [0.717, 1.165) is 0 Å². The Hall–Kier alpha value is -2.29. The van der Waals surface area contributed by atoms with Crippen LogP contribution in [-0.4, -0.2) is 33.0 Å². The van der Waals surface area contributed by atoms with E-state index in [1.165, 1.54) is 18.0 Å². The Kier molecular flexibility index (Phi) is 5.75. The summed E-state index contributed by atoms with van der Waals surface area (Å²) in [6.07, 6.45) is 4.94. The molecule has 1 aromatic rings. The number of nitrogens with zero attached hydrogens (tertiary/aromatic N) is 2. The molecule has 0 radical (unpaired) electrons. The van der Waals surface area contributed by atoms with Crippen molar-refractivity contribution in [3.63, 3.8) is 0 Å². The van der Waals surface area contributed by atoms with E-state index in [9.17, 15) is 0 Å². The van der Waals surface area contributed by atoms with Crippen LogP contribution in [0, 0.1) is 0 Å². The molecule has 0 atom stereocenters. The summed E-state index contributed by atoms with van der Waals surface area (Å²) in [6, 6.07) is 0. The molecule has 1 aromatic heterocycles. The first-order valence-corrected chi connectivity index (χ1v) is 7.80. The first-order valence-electron chi connectivity index (χ1n) is 6.57. The molecule has 0 unspecified atom stereocenters. The van der Waals surface area contributed by atoms with Crippen LogP contribution in [0.3, 0.4) is 0 Å². The Morgan fingerprint density at radius 2 is 1.82 bits per heavy atom. The monoisotopic (exact) mass is 324 g/mol. The first kappa shape index (κ1) is 17.8. The fourth-order valence-corrected chi connectivity index (χ4v) is 1.87. The number of nitrogen functional groups attached to an aromatic ring is 2. The van der Waals surface area contributed by atoms with E-state index in [-0.39, 0.29) is 23.1 Å². The van der Waals surface area contributed by atoms with Crippen molar-refractivity contribution in [3.05, 3.63) is 17.5 Å². The topological polar surface area (TPSA) is 155 Å². The highest BCUT2D eigenvalue weighted by atomic mass is 32.2. The number of anilines is 3. The van der Waals surface area contributed by atoms with Crippen molar-refractivity contribution in [2.75, 3.05) is 23.0 Å². The van der Waals surface area contributed by atoms with Crippen LogP contribution >= 0.6 is 11.8 Å². The maximum Gasteiger partial charge on any atom is 0.246 e. The van der Waals surface area contributed by atoms with Crippen molar-refractivity contribution in [2.24, 2.45) is 5.73 Å². The molecule has 0 amide bonds. The van der Waals surface area contributed by atoms with Gasteiger partial charge in [-0.15, -0.1) is 0 Å². The quantitative estimate of drug-likeness (QED) is 0.268. The zero-order chi connectivity index (χ0) is 16.9. The van der Waals surface area contributed by atoms with E-state index in [1.54, 1.807) is 6.21 Å². The third-order valence-electron chi connectivity index (χ3n) is 2.53. The molecule has 0 aliphatic rings. The van der Waals surface area contributed by atoms with Crippen LogP contribution in [0.2, 0.25) is 0 Å². The molecule has 0 aliphatic heterocycles. The standard InChI is InChI=1S/C13H22N8S/c1-13(2,3)18-6-7(5-14)19-12-20-9(15)8(10(16)21-12)11(17)22-4/h5-6,17H,14H2,1-4H3,(H5,15,16,19,20,21)/p+2. The van der Waals surface area contributed by atoms with Gasteiger partial charge in [0.05, 0.1) is 0 Å². The van der Waals surface area contributed by atoms with E-state index in [4.69, 9.17) is 22.6 Å². The van der Waals surface area contributed by atoms with Gasteiger partial charge in [-0.2, -0.15) is 9.97 Å². The van der Waals surface area contributed by atoms with E-state index < -0.39 is 0 Å². The predicted octanol–water partition coefficient (Wildman–Crippen LogP) is -2.33. The molecule has 0 fully saturated rings. The summed E-state index contributed by atoms with van der Waals surface area (Å²) in [4.78, 5) is 11.5. The Bertz CT molecular complexity index is 592. The molecule has 0 spiro atoms. The summed E-state index contributed by atoms with van der Waals surface area (Å²) in [5, 5.41) is 9.26. The Morgan fingerprint density at radius 1 is 1.27 bits per heavy atom. The first-order chi connectivity index (χ1) is 10.2. The molecule has 0 saturated heterocycles. The zero-order valence-electron chi connectivity index (χ0n) is 13.3. The molecule has 120 valence electrons. The highest BCUT2D eigenvalue weighted by Gasteiger charge is 2.19. The molecule has 1 rings (SSSR count). The number of nitrogens with two attached hydrogens (primary N) is 4. The Balaban J connectivity index is 3.04.